The number of nitrogens with one attached hydrogen (secondary N) is 1. The number of amides is 1. The molecule has 0 aliphatic carbocycles. The average Bonchev–Trinajstić information content (AvgIpc) is 2.70. The zero-order valence-corrected chi connectivity index (χ0v) is 15.6. The van der Waals surface area contributed by atoms with E-state index in [1.165, 1.54) is 0 Å². The molecule has 1 aliphatic heterocycles. The van der Waals surface area contributed by atoms with E-state index in [1.807, 2.05) is 60.7 Å². The van der Waals surface area contributed by atoms with Crippen molar-refractivity contribution in [2.75, 3.05) is 19.7 Å². The van der Waals surface area contributed by atoms with Crippen LogP contribution in [0.3, 0.4) is 0 Å². The first kappa shape index (κ1) is 19.1. The highest BCUT2D eigenvalue weighted by Gasteiger charge is 2.37. The maximum atomic E-state index is 13.1. The number of rotatable bonds is 7. The zero-order chi connectivity index (χ0) is 19.1. The fraction of sp³-hybridized carbons (Fsp3) is 0.364. The number of nitrogens with zero attached hydrogens (tertiary/aromatic N) is 1. The highest BCUT2D eigenvalue weighted by molar-refractivity contribution is 5.88. The van der Waals surface area contributed by atoms with E-state index < -0.39 is 6.04 Å². The Morgan fingerprint density at radius 2 is 1.74 bits per heavy atom. The topological polar surface area (TPSA) is 58.6 Å². The predicted octanol–water partition coefficient (Wildman–Crippen LogP) is 2.20. The van der Waals surface area contributed by atoms with Crippen LogP contribution in [0.15, 0.2) is 60.7 Å². The Labute approximate surface area is 160 Å². The van der Waals surface area contributed by atoms with Crippen LogP contribution in [0.2, 0.25) is 0 Å². The smallest absolute Gasteiger partial charge is 0.329 e. The second-order valence-corrected chi connectivity index (χ2v) is 6.69. The molecule has 1 aliphatic rings. The van der Waals surface area contributed by atoms with Crippen molar-refractivity contribution in [1.29, 1.82) is 0 Å². The minimum absolute atomic E-state index is 0.0425. The number of benzene rings is 2. The largest absolute Gasteiger partial charge is 0.464 e. The fourth-order valence-electron chi connectivity index (χ4n) is 3.47. The lowest BCUT2D eigenvalue weighted by Crippen LogP contribution is -2.61. The Kier molecular flexibility index (Phi) is 6.60. The Hall–Kier alpha value is -2.66. The Morgan fingerprint density at radius 1 is 1.11 bits per heavy atom. The van der Waals surface area contributed by atoms with Gasteiger partial charge in [-0.3, -0.25) is 4.79 Å². The molecule has 142 valence electrons. The van der Waals surface area contributed by atoms with Crippen molar-refractivity contribution in [2.45, 2.75) is 31.8 Å². The monoisotopic (exact) mass is 366 g/mol. The number of carbonyl (C=O) groups is 2. The van der Waals surface area contributed by atoms with Crippen molar-refractivity contribution in [3.63, 3.8) is 0 Å². The third-order valence-electron chi connectivity index (χ3n) is 4.81. The summed E-state index contributed by atoms with van der Waals surface area (Å²) in [5.74, 6) is -0.380. The molecule has 2 aromatic carbocycles. The van der Waals surface area contributed by atoms with Gasteiger partial charge in [0.1, 0.15) is 6.04 Å². The van der Waals surface area contributed by atoms with E-state index in [-0.39, 0.29) is 17.9 Å². The van der Waals surface area contributed by atoms with Gasteiger partial charge in [0.25, 0.3) is 0 Å². The van der Waals surface area contributed by atoms with Gasteiger partial charge in [-0.05, 0) is 24.5 Å². The maximum absolute atomic E-state index is 13.1. The second-order valence-electron chi connectivity index (χ2n) is 6.69. The van der Waals surface area contributed by atoms with Gasteiger partial charge in [0.2, 0.25) is 5.91 Å². The summed E-state index contributed by atoms with van der Waals surface area (Å²) in [4.78, 5) is 27.4. The summed E-state index contributed by atoms with van der Waals surface area (Å²) in [5, 5.41) is 3.29. The Bertz CT molecular complexity index is 749. The van der Waals surface area contributed by atoms with E-state index in [9.17, 15) is 9.59 Å². The van der Waals surface area contributed by atoms with Gasteiger partial charge in [-0.1, -0.05) is 60.7 Å². The highest BCUT2D eigenvalue weighted by Crippen LogP contribution is 2.16. The quantitative estimate of drug-likeness (QED) is 0.764. The van der Waals surface area contributed by atoms with Crippen molar-refractivity contribution in [2.24, 2.45) is 0 Å². The molecule has 27 heavy (non-hydrogen) atoms. The summed E-state index contributed by atoms with van der Waals surface area (Å²) in [6.45, 7) is 3.25. The van der Waals surface area contributed by atoms with E-state index in [0.29, 0.717) is 32.5 Å². The number of piperazine rings is 1. The lowest BCUT2D eigenvalue weighted by Gasteiger charge is -2.37. The van der Waals surface area contributed by atoms with Crippen molar-refractivity contribution in [3.05, 3.63) is 71.8 Å². The van der Waals surface area contributed by atoms with Crippen LogP contribution in [0.25, 0.3) is 0 Å². The van der Waals surface area contributed by atoms with Crippen LogP contribution >= 0.6 is 0 Å². The van der Waals surface area contributed by atoms with Gasteiger partial charge in [0, 0.05) is 19.5 Å². The first-order chi connectivity index (χ1) is 13.2. The van der Waals surface area contributed by atoms with Crippen LogP contribution in [0.1, 0.15) is 18.1 Å². The molecule has 0 bridgehead atoms. The van der Waals surface area contributed by atoms with Crippen molar-refractivity contribution >= 4 is 11.9 Å². The molecule has 3 rings (SSSR count). The summed E-state index contributed by atoms with van der Waals surface area (Å²) in [7, 11) is 0. The van der Waals surface area contributed by atoms with Crippen molar-refractivity contribution < 1.29 is 14.3 Å². The van der Waals surface area contributed by atoms with Crippen molar-refractivity contribution in [3.8, 4) is 0 Å². The number of hydrogen-bond donors (Lipinski definition) is 1. The Balaban J connectivity index is 1.77. The molecular weight excluding hydrogens is 340 g/mol. The van der Waals surface area contributed by atoms with Gasteiger partial charge in [0.05, 0.1) is 12.6 Å². The zero-order valence-electron chi connectivity index (χ0n) is 15.6. The molecule has 2 aromatic rings. The molecule has 0 unspecified atom stereocenters. The molecule has 0 spiro atoms. The third-order valence-corrected chi connectivity index (χ3v) is 4.81. The van der Waals surface area contributed by atoms with E-state index in [0.717, 1.165) is 11.1 Å². The summed E-state index contributed by atoms with van der Waals surface area (Å²) in [5.41, 5.74) is 2.11. The number of ether oxygens (including phenoxy) is 1. The van der Waals surface area contributed by atoms with Crippen LogP contribution in [0.5, 0.6) is 0 Å². The van der Waals surface area contributed by atoms with Crippen LogP contribution < -0.4 is 5.32 Å². The summed E-state index contributed by atoms with van der Waals surface area (Å²) in [6, 6.07) is 18.8. The molecule has 0 radical (unpaired) electrons. The molecule has 2 atom stereocenters. The third kappa shape index (κ3) is 4.95. The molecule has 1 amide bonds. The maximum Gasteiger partial charge on any atom is 0.329 e. The SMILES string of the molecule is CCOC(=O)[C@@H](Cc1ccccc1)N1CCN[C@H](Cc2ccccc2)C1=O. The van der Waals surface area contributed by atoms with Crippen LogP contribution in [-0.2, 0) is 27.2 Å². The molecule has 0 aromatic heterocycles. The Morgan fingerprint density at radius 3 is 2.37 bits per heavy atom. The van der Waals surface area contributed by atoms with Crippen molar-refractivity contribution in [1.82, 2.24) is 10.2 Å². The van der Waals surface area contributed by atoms with Gasteiger partial charge < -0.3 is 15.0 Å². The molecule has 5 nitrogen and oxygen atoms in total. The minimum Gasteiger partial charge on any atom is -0.464 e. The lowest BCUT2D eigenvalue weighted by molar-refractivity contribution is -0.156. The van der Waals surface area contributed by atoms with Gasteiger partial charge in [-0.25, -0.2) is 4.79 Å². The van der Waals surface area contributed by atoms with E-state index in [1.54, 1.807) is 11.8 Å². The second kappa shape index (κ2) is 9.33. The van der Waals surface area contributed by atoms with Gasteiger partial charge >= 0.3 is 5.97 Å². The minimum atomic E-state index is -0.597. The first-order valence-corrected chi connectivity index (χ1v) is 9.47. The van der Waals surface area contributed by atoms with E-state index in [4.69, 9.17) is 4.74 Å². The van der Waals surface area contributed by atoms with Crippen LogP contribution in [0.4, 0.5) is 0 Å². The van der Waals surface area contributed by atoms with E-state index in [2.05, 4.69) is 5.32 Å². The van der Waals surface area contributed by atoms with Gasteiger partial charge in [-0.2, -0.15) is 0 Å². The number of esters is 1. The normalized spacial score (nSPS) is 18.2. The summed E-state index contributed by atoms with van der Waals surface area (Å²) < 4.78 is 5.28. The standard InChI is InChI=1S/C22H26N2O3/c1-2-27-22(26)20(16-18-11-7-4-8-12-18)24-14-13-23-19(21(24)25)15-17-9-5-3-6-10-17/h3-12,19-20,23H,2,13-16H2,1H3/t19-,20-/m1/s1. The molecule has 1 N–H and O–H groups in total. The number of hydrogen-bond acceptors (Lipinski definition) is 4. The summed E-state index contributed by atoms with van der Waals surface area (Å²) >= 11 is 0. The molecular formula is C22H26N2O3. The van der Waals surface area contributed by atoms with Gasteiger partial charge in [0.15, 0.2) is 0 Å². The molecule has 1 heterocycles. The van der Waals surface area contributed by atoms with Crippen LogP contribution in [0, 0.1) is 0 Å². The highest BCUT2D eigenvalue weighted by atomic mass is 16.5. The molecule has 5 heteroatoms. The fourth-order valence-corrected chi connectivity index (χ4v) is 3.47. The number of carbonyl (C=O) groups excluding carboxylic acids is 2. The van der Waals surface area contributed by atoms with Crippen LogP contribution in [-0.4, -0.2) is 48.6 Å². The molecule has 1 saturated heterocycles. The molecule has 0 saturated carbocycles. The van der Waals surface area contributed by atoms with Gasteiger partial charge in [-0.15, -0.1) is 0 Å². The predicted molar refractivity (Wildman–Crippen MR) is 104 cm³/mol. The first-order valence-electron chi connectivity index (χ1n) is 9.47. The lowest BCUT2D eigenvalue weighted by atomic mass is 9.99. The average molecular weight is 366 g/mol. The van der Waals surface area contributed by atoms with E-state index >= 15 is 0 Å². The summed E-state index contributed by atoms with van der Waals surface area (Å²) in [6.07, 6.45) is 1.07. The molecule has 1 fully saturated rings.